The summed E-state index contributed by atoms with van der Waals surface area (Å²) in [5.74, 6) is -0.136. The van der Waals surface area contributed by atoms with Gasteiger partial charge < -0.3 is 5.32 Å². The highest BCUT2D eigenvalue weighted by atomic mass is 79.9. The number of hydrogen-bond acceptors (Lipinski definition) is 3. The lowest BCUT2D eigenvalue weighted by molar-refractivity contribution is 0.102. The lowest BCUT2D eigenvalue weighted by Gasteiger charge is -2.18. The first kappa shape index (κ1) is 21.3. The fraction of sp³-hybridized carbons (Fsp3) is 0.304. The zero-order valence-electron chi connectivity index (χ0n) is 17.4. The Kier molecular flexibility index (Phi) is 6.87. The van der Waals surface area contributed by atoms with Gasteiger partial charge in [-0.25, -0.2) is 4.68 Å². The Labute approximate surface area is 180 Å². The molecule has 3 aromatic rings. The second kappa shape index (κ2) is 9.37. The van der Waals surface area contributed by atoms with Crippen molar-refractivity contribution >= 4 is 27.5 Å². The van der Waals surface area contributed by atoms with Crippen molar-refractivity contribution in [2.24, 2.45) is 0 Å². The van der Waals surface area contributed by atoms with Crippen molar-refractivity contribution in [1.82, 2.24) is 14.7 Å². The van der Waals surface area contributed by atoms with E-state index in [9.17, 15) is 4.79 Å². The molecule has 0 aliphatic heterocycles. The number of amides is 1. The van der Waals surface area contributed by atoms with E-state index in [0.29, 0.717) is 11.3 Å². The molecule has 0 aliphatic rings. The topological polar surface area (TPSA) is 50.2 Å². The van der Waals surface area contributed by atoms with Crippen LogP contribution in [-0.4, -0.2) is 33.7 Å². The summed E-state index contributed by atoms with van der Waals surface area (Å²) in [5.41, 5.74) is 5.06. The van der Waals surface area contributed by atoms with Gasteiger partial charge >= 0.3 is 0 Å². The number of aryl methyl sites for hydroxylation is 1. The maximum Gasteiger partial charge on any atom is 0.259 e. The van der Waals surface area contributed by atoms with Crippen LogP contribution in [0.5, 0.6) is 0 Å². The quantitative estimate of drug-likeness (QED) is 0.523. The van der Waals surface area contributed by atoms with Gasteiger partial charge in [-0.15, -0.1) is 0 Å². The SMILES string of the molecule is CCN(CC)Cc1cccc(NC(=O)c2c(C)nn(-c3ccc(Br)cc3)c2C)c1. The molecule has 1 aromatic heterocycles. The standard InChI is InChI=1S/C23H27BrN4O/c1-5-27(6-2)15-18-8-7-9-20(14-18)25-23(29)22-16(3)26-28(17(22)4)21-12-10-19(24)11-13-21/h7-14H,5-6,15H2,1-4H3,(H,25,29). The number of nitrogens with one attached hydrogen (secondary N) is 1. The van der Waals surface area contributed by atoms with Crippen LogP contribution in [0.15, 0.2) is 53.0 Å². The number of carbonyl (C=O) groups excluding carboxylic acids is 1. The molecule has 0 saturated heterocycles. The molecule has 0 saturated carbocycles. The van der Waals surface area contributed by atoms with E-state index in [-0.39, 0.29) is 5.91 Å². The van der Waals surface area contributed by atoms with Crippen molar-refractivity contribution in [3.63, 3.8) is 0 Å². The van der Waals surface area contributed by atoms with Gasteiger partial charge in [0.25, 0.3) is 5.91 Å². The minimum atomic E-state index is -0.136. The van der Waals surface area contributed by atoms with Crippen LogP contribution >= 0.6 is 15.9 Å². The Bertz CT molecular complexity index is 991. The first-order valence-corrected chi connectivity index (χ1v) is 10.7. The molecular weight excluding hydrogens is 428 g/mol. The minimum Gasteiger partial charge on any atom is -0.322 e. The van der Waals surface area contributed by atoms with E-state index in [2.05, 4.69) is 51.2 Å². The molecule has 0 radical (unpaired) electrons. The molecular formula is C23H27BrN4O. The fourth-order valence-electron chi connectivity index (χ4n) is 3.45. The maximum absolute atomic E-state index is 13.0. The van der Waals surface area contributed by atoms with E-state index in [1.165, 1.54) is 5.56 Å². The molecule has 29 heavy (non-hydrogen) atoms. The fourth-order valence-corrected chi connectivity index (χ4v) is 3.72. The molecule has 0 fully saturated rings. The third-order valence-corrected chi connectivity index (χ3v) is 5.60. The lowest BCUT2D eigenvalue weighted by atomic mass is 10.1. The van der Waals surface area contributed by atoms with Gasteiger partial charge in [-0.3, -0.25) is 9.69 Å². The van der Waals surface area contributed by atoms with Gasteiger partial charge in [0.15, 0.2) is 0 Å². The Morgan fingerprint density at radius 1 is 1.10 bits per heavy atom. The third-order valence-electron chi connectivity index (χ3n) is 5.08. The second-order valence-electron chi connectivity index (χ2n) is 7.05. The van der Waals surface area contributed by atoms with E-state index in [4.69, 9.17) is 0 Å². The number of hydrogen-bond donors (Lipinski definition) is 1. The molecule has 1 amide bonds. The van der Waals surface area contributed by atoms with Crippen LogP contribution in [0.25, 0.3) is 5.69 Å². The molecule has 0 spiro atoms. The molecule has 152 valence electrons. The molecule has 1 heterocycles. The predicted octanol–water partition coefficient (Wildman–Crippen LogP) is 5.35. The van der Waals surface area contributed by atoms with Gasteiger partial charge in [-0.05, 0) is 68.9 Å². The zero-order chi connectivity index (χ0) is 21.0. The zero-order valence-corrected chi connectivity index (χ0v) is 19.0. The summed E-state index contributed by atoms with van der Waals surface area (Å²) in [5, 5.41) is 7.63. The molecule has 5 nitrogen and oxygen atoms in total. The van der Waals surface area contributed by atoms with E-state index < -0.39 is 0 Å². The third kappa shape index (κ3) is 4.95. The van der Waals surface area contributed by atoms with Gasteiger partial charge in [0.2, 0.25) is 0 Å². The van der Waals surface area contributed by atoms with Crippen LogP contribution in [0, 0.1) is 13.8 Å². The average molecular weight is 455 g/mol. The van der Waals surface area contributed by atoms with Crippen LogP contribution in [0.2, 0.25) is 0 Å². The number of rotatable bonds is 7. The van der Waals surface area contributed by atoms with Crippen molar-refractivity contribution < 1.29 is 4.79 Å². The molecule has 1 N–H and O–H groups in total. The first-order chi connectivity index (χ1) is 13.9. The Balaban J connectivity index is 1.82. The van der Waals surface area contributed by atoms with Gasteiger partial charge in [-0.2, -0.15) is 5.10 Å². The van der Waals surface area contributed by atoms with Crippen LogP contribution in [0.3, 0.4) is 0 Å². The highest BCUT2D eigenvalue weighted by molar-refractivity contribution is 9.10. The smallest absolute Gasteiger partial charge is 0.259 e. The van der Waals surface area contributed by atoms with Crippen molar-refractivity contribution in [2.45, 2.75) is 34.2 Å². The molecule has 0 atom stereocenters. The van der Waals surface area contributed by atoms with Crippen LogP contribution in [0.4, 0.5) is 5.69 Å². The first-order valence-electron chi connectivity index (χ1n) is 9.87. The minimum absolute atomic E-state index is 0.136. The van der Waals surface area contributed by atoms with Crippen LogP contribution in [-0.2, 0) is 6.54 Å². The van der Waals surface area contributed by atoms with Gasteiger partial charge in [0, 0.05) is 16.7 Å². The Morgan fingerprint density at radius 2 is 1.79 bits per heavy atom. The average Bonchev–Trinajstić information content (AvgIpc) is 3.01. The van der Waals surface area contributed by atoms with Crippen molar-refractivity contribution in [1.29, 1.82) is 0 Å². The molecule has 0 unspecified atom stereocenters. The summed E-state index contributed by atoms with van der Waals surface area (Å²) in [6.07, 6.45) is 0. The van der Waals surface area contributed by atoms with E-state index in [1.54, 1.807) is 0 Å². The van der Waals surface area contributed by atoms with Crippen LogP contribution < -0.4 is 5.32 Å². The summed E-state index contributed by atoms with van der Waals surface area (Å²) in [7, 11) is 0. The van der Waals surface area contributed by atoms with E-state index >= 15 is 0 Å². The largest absolute Gasteiger partial charge is 0.322 e. The monoisotopic (exact) mass is 454 g/mol. The van der Waals surface area contributed by atoms with Crippen molar-refractivity contribution in [2.75, 3.05) is 18.4 Å². The Hall–Kier alpha value is -2.44. The number of halogens is 1. The van der Waals surface area contributed by atoms with Crippen LogP contribution in [0.1, 0.15) is 41.2 Å². The number of nitrogens with zero attached hydrogens (tertiary/aromatic N) is 3. The second-order valence-corrected chi connectivity index (χ2v) is 7.97. The normalized spacial score (nSPS) is 11.1. The number of aromatic nitrogens is 2. The summed E-state index contributed by atoms with van der Waals surface area (Å²) >= 11 is 3.45. The van der Waals surface area contributed by atoms with Gasteiger partial charge in [0.1, 0.15) is 0 Å². The van der Waals surface area contributed by atoms with Gasteiger partial charge in [-0.1, -0.05) is 41.9 Å². The van der Waals surface area contributed by atoms with Crippen molar-refractivity contribution in [3.8, 4) is 5.69 Å². The molecule has 6 heteroatoms. The highest BCUT2D eigenvalue weighted by Gasteiger charge is 2.19. The summed E-state index contributed by atoms with van der Waals surface area (Å²) in [4.78, 5) is 15.4. The maximum atomic E-state index is 13.0. The molecule has 2 aromatic carbocycles. The molecule has 3 rings (SSSR count). The molecule has 0 bridgehead atoms. The van der Waals surface area contributed by atoms with E-state index in [0.717, 1.165) is 41.2 Å². The highest BCUT2D eigenvalue weighted by Crippen LogP contribution is 2.21. The summed E-state index contributed by atoms with van der Waals surface area (Å²) in [6, 6.07) is 15.9. The number of benzene rings is 2. The van der Waals surface area contributed by atoms with Gasteiger partial charge in [0.05, 0.1) is 22.6 Å². The predicted molar refractivity (Wildman–Crippen MR) is 122 cm³/mol. The summed E-state index contributed by atoms with van der Waals surface area (Å²) < 4.78 is 2.82. The summed E-state index contributed by atoms with van der Waals surface area (Å²) in [6.45, 7) is 11.0. The molecule has 0 aliphatic carbocycles. The number of anilines is 1. The lowest BCUT2D eigenvalue weighted by Crippen LogP contribution is -2.22. The number of carbonyl (C=O) groups is 1. The van der Waals surface area contributed by atoms with Crippen molar-refractivity contribution in [3.05, 3.63) is 75.5 Å². The Morgan fingerprint density at radius 3 is 2.45 bits per heavy atom. The van der Waals surface area contributed by atoms with E-state index in [1.807, 2.05) is 61.0 Å².